The molecular weight excluding hydrogens is 384 g/mol. The molecule has 2 atom stereocenters. The van der Waals surface area contributed by atoms with Crippen LogP contribution >= 0.6 is 0 Å². The number of hydrogen-bond acceptors (Lipinski definition) is 3. The van der Waals surface area contributed by atoms with Gasteiger partial charge < -0.3 is 5.11 Å². The van der Waals surface area contributed by atoms with E-state index in [1.807, 2.05) is 0 Å². The second-order valence-corrected chi connectivity index (χ2v) is 10.6. The smallest absolute Gasteiger partial charge is 0.267 e. The minimum absolute atomic E-state index is 0.172. The van der Waals surface area contributed by atoms with Gasteiger partial charge in [-0.25, -0.2) is 0 Å². The van der Waals surface area contributed by atoms with Crippen LogP contribution in [0, 0.1) is 0 Å². The zero-order valence-electron chi connectivity index (χ0n) is 19.4. The fourth-order valence-electron chi connectivity index (χ4n) is 4.01. The number of aliphatic hydroxyl groups is 1. The molecule has 0 aliphatic rings. The van der Waals surface area contributed by atoms with Crippen molar-refractivity contribution in [2.45, 2.75) is 154 Å². The summed E-state index contributed by atoms with van der Waals surface area (Å²) in [4.78, 5) is 0. The quantitative estimate of drug-likeness (QED) is 0.137. The lowest BCUT2D eigenvalue weighted by Gasteiger charge is -2.18. The maximum absolute atomic E-state index is 11.7. The molecule has 29 heavy (non-hydrogen) atoms. The average molecular weight is 435 g/mol. The monoisotopic (exact) mass is 434 g/mol. The Morgan fingerprint density at radius 2 is 0.931 bits per heavy atom. The summed E-state index contributed by atoms with van der Waals surface area (Å²) in [6.45, 7) is 4.43. The summed E-state index contributed by atoms with van der Waals surface area (Å²) in [5.41, 5.74) is 0. The molecule has 2 unspecified atom stereocenters. The molecule has 0 aliphatic heterocycles. The molecule has 5 heteroatoms. The van der Waals surface area contributed by atoms with Gasteiger partial charge in [0, 0.05) is 0 Å². The molecule has 0 heterocycles. The summed E-state index contributed by atoms with van der Waals surface area (Å²) < 4.78 is 32.9. The number of aliphatic hydroxyl groups excluding tert-OH is 1. The van der Waals surface area contributed by atoms with Gasteiger partial charge in [-0.05, 0) is 19.3 Å². The molecule has 0 bridgehead atoms. The highest BCUT2D eigenvalue weighted by atomic mass is 32.2. The third-order valence-electron chi connectivity index (χ3n) is 5.98. The maximum Gasteiger partial charge on any atom is 0.267 e. The van der Waals surface area contributed by atoms with Crippen LogP contribution in [0.1, 0.15) is 142 Å². The summed E-state index contributed by atoms with van der Waals surface area (Å²) in [6, 6.07) is 0. The third-order valence-corrected chi connectivity index (χ3v) is 7.25. The van der Waals surface area contributed by atoms with E-state index < -0.39 is 21.5 Å². The van der Waals surface area contributed by atoms with Crippen molar-refractivity contribution >= 4 is 10.1 Å². The van der Waals surface area contributed by atoms with Crippen molar-refractivity contribution in [3.63, 3.8) is 0 Å². The van der Waals surface area contributed by atoms with E-state index in [0.717, 1.165) is 32.1 Å². The predicted octanol–water partition coefficient (Wildman–Crippen LogP) is 7.45. The Labute approximate surface area is 182 Å². The van der Waals surface area contributed by atoms with Crippen molar-refractivity contribution in [3.05, 3.63) is 0 Å². The lowest BCUT2D eigenvalue weighted by molar-refractivity contribution is 0.146. The molecule has 0 radical (unpaired) electrons. The molecule has 176 valence electrons. The van der Waals surface area contributed by atoms with Gasteiger partial charge in [0.1, 0.15) is 0 Å². The van der Waals surface area contributed by atoms with Gasteiger partial charge in [-0.2, -0.15) is 8.42 Å². The van der Waals surface area contributed by atoms with Crippen LogP contribution in [0.3, 0.4) is 0 Å². The molecule has 4 nitrogen and oxygen atoms in total. The van der Waals surface area contributed by atoms with E-state index in [4.69, 9.17) is 0 Å². The summed E-state index contributed by atoms with van der Waals surface area (Å²) >= 11 is 0. The average Bonchev–Trinajstić information content (AvgIpc) is 2.67. The van der Waals surface area contributed by atoms with Crippen LogP contribution in [-0.2, 0) is 10.1 Å². The number of unbranched alkanes of at least 4 members (excludes halogenated alkanes) is 15. The van der Waals surface area contributed by atoms with E-state index in [9.17, 15) is 18.1 Å². The second kappa shape index (κ2) is 19.8. The predicted molar refractivity (Wildman–Crippen MR) is 125 cm³/mol. The van der Waals surface area contributed by atoms with Crippen LogP contribution in [0.2, 0.25) is 0 Å². The lowest BCUT2D eigenvalue weighted by atomic mass is 10.0. The van der Waals surface area contributed by atoms with Gasteiger partial charge in [0.05, 0.1) is 11.4 Å². The zero-order valence-corrected chi connectivity index (χ0v) is 20.2. The van der Waals surface area contributed by atoms with Crippen LogP contribution in [0.15, 0.2) is 0 Å². The fourth-order valence-corrected chi connectivity index (χ4v) is 4.94. The van der Waals surface area contributed by atoms with Crippen molar-refractivity contribution in [2.24, 2.45) is 0 Å². The van der Waals surface area contributed by atoms with Crippen LogP contribution < -0.4 is 0 Å². The van der Waals surface area contributed by atoms with Crippen molar-refractivity contribution in [1.82, 2.24) is 0 Å². The maximum atomic E-state index is 11.7. The van der Waals surface area contributed by atoms with E-state index in [1.54, 1.807) is 0 Å². The Kier molecular flexibility index (Phi) is 19.7. The molecule has 0 fully saturated rings. The van der Waals surface area contributed by atoms with E-state index in [1.165, 1.54) is 77.0 Å². The molecule has 0 aromatic rings. The molecule has 0 aromatic heterocycles. The normalized spacial score (nSPS) is 14.2. The molecule has 0 saturated heterocycles. The molecule has 0 rings (SSSR count). The molecular formula is C24H50O4S. The highest BCUT2D eigenvalue weighted by Crippen LogP contribution is 2.20. The number of hydrogen-bond donors (Lipinski definition) is 2. The second-order valence-electron chi connectivity index (χ2n) is 8.91. The van der Waals surface area contributed by atoms with Crippen molar-refractivity contribution in [2.75, 3.05) is 0 Å². The first-order valence-electron chi connectivity index (χ1n) is 12.6. The highest BCUT2D eigenvalue weighted by molar-refractivity contribution is 7.86. The van der Waals surface area contributed by atoms with Crippen LogP contribution in [-0.4, -0.2) is 29.4 Å². The molecule has 0 spiro atoms. The van der Waals surface area contributed by atoms with E-state index in [-0.39, 0.29) is 6.42 Å². The first-order valence-corrected chi connectivity index (χ1v) is 14.1. The van der Waals surface area contributed by atoms with Gasteiger partial charge in [-0.15, -0.1) is 0 Å². The Bertz CT molecular complexity index is 436. The van der Waals surface area contributed by atoms with Gasteiger partial charge in [0.25, 0.3) is 10.1 Å². The summed E-state index contributed by atoms with van der Waals surface area (Å²) in [5.74, 6) is 0. The Balaban J connectivity index is 3.81. The van der Waals surface area contributed by atoms with Gasteiger partial charge in [-0.3, -0.25) is 4.55 Å². The SMILES string of the molecule is CCCCCCCCCCCCCC(CC(O)CCCCCCCC)S(=O)(=O)O. The minimum Gasteiger partial charge on any atom is -0.393 e. The number of rotatable bonds is 22. The Morgan fingerprint density at radius 3 is 1.31 bits per heavy atom. The van der Waals surface area contributed by atoms with E-state index >= 15 is 0 Å². The van der Waals surface area contributed by atoms with E-state index in [2.05, 4.69) is 13.8 Å². The minimum atomic E-state index is -4.08. The fraction of sp³-hybridized carbons (Fsp3) is 1.00. The van der Waals surface area contributed by atoms with Gasteiger partial charge in [-0.1, -0.05) is 123 Å². The van der Waals surface area contributed by atoms with Gasteiger partial charge in [0.15, 0.2) is 0 Å². The highest BCUT2D eigenvalue weighted by Gasteiger charge is 2.25. The summed E-state index contributed by atoms with van der Waals surface area (Å²) in [7, 11) is -4.08. The van der Waals surface area contributed by atoms with Gasteiger partial charge in [0.2, 0.25) is 0 Å². The first kappa shape index (κ1) is 28.9. The molecule has 0 saturated carbocycles. The largest absolute Gasteiger partial charge is 0.393 e. The zero-order chi connectivity index (χ0) is 21.8. The molecule has 2 N–H and O–H groups in total. The first-order chi connectivity index (χ1) is 13.9. The standard InChI is InChI=1S/C24H50O4S/c1-3-5-7-9-11-12-13-14-15-17-19-21-24(29(26,27)28)22-23(25)20-18-16-10-8-6-4-2/h23-25H,3-22H2,1-2H3,(H,26,27,28). The van der Waals surface area contributed by atoms with E-state index in [0.29, 0.717) is 12.8 Å². The molecule has 0 aromatic carbocycles. The summed E-state index contributed by atoms with van der Waals surface area (Å²) in [5, 5.41) is 9.38. The summed E-state index contributed by atoms with van der Waals surface area (Å²) in [6.07, 6.45) is 21.0. The van der Waals surface area contributed by atoms with Crippen molar-refractivity contribution in [3.8, 4) is 0 Å². The van der Waals surface area contributed by atoms with Gasteiger partial charge >= 0.3 is 0 Å². The van der Waals surface area contributed by atoms with Crippen LogP contribution in [0.4, 0.5) is 0 Å². The third kappa shape index (κ3) is 19.6. The van der Waals surface area contributed by atoms with Crippen LogP contribution in [0.5, 0.6) is 0 Å². The molecule has 0 amide bonds. The Hall–Kier alpha value is -0.130. The Morgan fingerprint density at radius 1 is 0.586 bits per heavy atom. The van der Waals surface area contributed by atoms with Crippen LogP contribution in [0.25, 0.3) is 0 Å². The topological polar surface area (TPSA) is 74.6 Å². The molecule has 0 aliphatic carbocycles. The van der Waals surface area contributed by atoms with Crippen molar-refractivity contribution < 1.29 is 18.1 Å². The van der Waals surface area contributed by atoms with Crippen molar-refractivity contribution in [1.29, 1.82) is 0 Å². The lowest BCUT2D eigenvalue weighted by Crippen LogP contribution is -2.26.